The zero-order valence-corrected chi connectivity index (χ0v) is 13.5. The SMILES string of the molecule is O=C(c1nn(Cc2ccccc2)c(=O)c2ccccc12)N1CC(O)C1. The summed E-state index contributed by atoms with van der Waals surface area (Å²) in [6, 6.07) is 16.5. The van der Waals surface area contributed by atoms with Crippen LogP contribution in [0, 0.1) is 0 Å². The molecule has 0 unspecified atom stereocenters. The summed E-state index contributed by atoms with van der Waals surface area (Å²) in [5.41, 5.74) is 0.961. The molecule has 0 saturated carbocycles. The number of likely N-dealkylation sites (tertiary alicyclic amines) is 1. The Morgan fingerprint density at radius 2 is 1.68 bits per heavy atom. The van der Waals surface area contributed by atoms with Crippen LogP contribution >= 0.6 is 0 Å². The Balaban J connectivity index is 1.82. The van der Waals surface area contributed by atoms with Crippen molar-refractivity contribution < 1.29 is 9.90 Å². The molecule has 0 bridgehead atoms. The Morgan fingerprint density at radius 3 is 2.36 bits per heavy atom. The lowest BCUT2D eigenvalue weighted by molar-refractivity contribution is 0.00550. The fourth-order valence-electron chi connectivity index (χ4n) is 3.03. The van der Waals surface area contributed by atoms with Crippen molar-refractivity contribution >= 4 is 16.7 Å². The van der Waals surface area contributed by atoms with Crippen LogP contribution in [0.5, 0.6) is 0 Å². The summed E-state index contributed by atoms with van der Waals surface area (Å²) >= 11 is 0. The third kappa shape index (κ3) is 2.81. The van der Waals surface area contributed by atoms with Crippen molar-refractivity contribution in [3.8, 4) is 0 Å². The first-order valence-corrected chi connectivity index (χ1v) is 8.14. The van der Waals surface area contributed by atoms with Gasteiger partial charge in [-0.05, 0) is 11.6 Å². The Labute approximate surface area is 143 Å². The highest BCUT2D eigenvalue weighted by atomic mass is 16.3. The molecule has 2 aromatic carbocycles. The molecule has 4 rings (SSSR count). The number of hydrogen-bond donors (Lipinski definition) is 1. The third-order valence-corrected chi connectivity index (χ3v) is 4.39. The molecule has 6 heteroatoms. The number of amides is 1. The van der Waals surface area contributed by atoms with Gasteiger partial charge in [0.2, 0.25) is 0 Å². The average Bonchev–Trinajstić information content (AvgIpc) is 2.62. The Kier molecular flexibility index (Phi) is 3.82. The Morgan fingerprint density at radius 1 is 1.04 bits per heavy atom. The topological polar surface area (TPSA) is 75.4 Å². The monoisotopic (exact) mass is 335 g/mol. The Bertz CT molecular complexity index is 992. The smallest absolute Gasteiger partial charge is 0.275 e. The molecule has 1 aliphatic heterocycles. The van der Waals surface area contributed by atoms with E-state index in [0.717, 1.165) is 5.56 Å². The first-order chi connectivity index (χ1) is 12.1. The predicted octanol–water partition coefficient (Wildman–Crippen LogP) is 1.26. The van der Waals surface area contributed by atoms with Crippen molar-refractivity contribution in [1.29, 1.82) is 0 Å². The fraction of sp³-hybridized carbons (Fsp3) is 0.211. The lowest BCUT2D eigenvalue weighted by Gasteiger charge is -2.35. The van der Waals surface area contributed by atoms with Gasteiger partial charge < -0.3 is 10.0 Å². The first kappa shape index (κ1) is 15.5. The molecule has 0 atom stereocenters. The van der Waals surface area contributed by atoms with Gasteiger partial charge in [0.05, 0.1) is 18.0 Å². The van der Waals surface area contributed by atoms with E-state index in [1.807, 2.05) is 30.3 Å². The third-order valence-electron chi connectivity index (χ3n) is 4.39. The summed E-state index contributed by atoms with van der Waals surface area (Å²) in [7, 11) is 0. The van der Waals surface area contributed by atoms with E-state index in [-0.39, 0.29) is 17.2 Å². The summed E-state index contributed by atoms with van der Waals surface area (Å²) in [6.07, 6.45) is -0.481. The number of β-amino-alcohol motifs (C(OH)–C–C–N with tert-alkyl or cyclic N) is 1. The molecule has 126 valence electrons. The molecule has 1 aliphatic rings. The minimum absolute atomic E-state index is 0.223. The van der Waals surface area contributed by atoms with Gasteiger partial charge >= 0.3 is 0 Å². The van der Waals surface area contributed by atoms with Gasteiger partial charge in [0.15, 0.2) is 5.69 Å². The zero-order valence-electron chi connectivity index (χ0n) is 13.5. The van der Waals surface area contributed by atoms with E-state index in [9.17, 15) is 14.7 Å². The summed E-state index contributed by atoms with van der Waals surface area (Å²) in [4.78, 5) is 27.0. The number of fused-ring (bicyclic) bond motifs is 1. The van der Waals surface area contributed by atoms with Crippen molar-refractivity contribution in [3.05, 3.63) is 76.2 Å². The number of benzene rings is 2. The van der Waals surface area contributed by atoms with Crippen LogP contribution in [-0.4, -0.2) is 44.9 Å². The van der Waals surface area contributed by atoms with Gasteiger partial charge in [-0.25, -0.2) is 4.68 Å². The van der Waals surface area contributed by atoms with E-state index in [1.165, 1.54) is 9.58 Å². The van der Waals surface area contributed by atoms with E-state index >= 15 is 0 Å². The van der Waals surface area contributed by atoms with Crippen molar-refractivity contribution in [3.63, 3.8) is 0 Å². The first-order valence-electron chi connectivity index (χ1n) is 8.14. The van der Waals surface area contributed by atoms with E-state index in [4.69, 9.17) is 0 Å². The van der Waals surface area contributed by atoms with Gasteiger partial charge in [0.25, 0.3) is 11.5 Å². The minimum Gasteiger partial charge on any atom is -0.389 e. The second-order valence-electron chi connectivity index (χ2n) is 6.21. The lowest BCUT2D eigenvalue weighted by atomic mass is 10.1. The van der Waals surface area contributed by atoms with Gasteiger partial charge in [-0.1, -0.05) is 48.5 Å². The van der Waals surface area contributed by atoms with E-state index in [0.29, 0.717) is 30.4 Å². The van der Waals surface area contributed by atoms with Gasteiger partial charge in [0, 0.05) is 18.5 Å². The molecule has 25 heavy (non-hydrogen) atoms. The largest absolute Gasteiger partial charge is 0.389 e. The van der Waals surface area contributed by atoms with E-state index in [2.05, 4.69) is 5.10 Å². The second-order valence-corrected chi connectivity index (χ2v) is 6.21. The van der Waals surface area contributed by atoms with E-state index in [1.54, 1.807) is 24.3 Å². The minimum atomic E-state index is -0.481. The molecular weight excluding hydrogens is 318 g/mol. The summed E-state index contributed by atoms with van der Waals surface area (Å²) in [6.45, 7) is 0.896. The Hall–Kier alpha value is -2.99. The van der Waals surface area contributed by atoms with Gasteiger partial charge in [-0.15, -0.1) is 0 Å². The number of nitrogens with zero attached hydrogens (tertiary/aromatic N) is 3. The lowest BCUT2D eigenvalue weighted by Crippen LogP contribution is -2.53. The molecule has 1 N–H and O–H groups in total. The maximum absolute atomic E-state index is 12.7. The van der Waals surface area contributed by atoms with Crippen LogP contribution in [0.25, 0.3) is 10.8 Å². The molecule has 6 nitrogen and oxygen atoms in total. The number of carbonyl (C=O) groups excluding carboxylic acids is 1. The number of carbonyl (C=O) groups is 1. The number of aliphatic hydroxyl groups is 1. The quantitative estimate of drug-likeness (QED) is 0.782. The maximum Gasteiger partial charge on any atom is 0.275 e. The van der Waals surface area contributed by atoms with E-state index < -0.39 is 6.10 Å². The number of aromatic nitrogens is 2. The summed E-state index contributed by atoms with van der Waals surface area (Å²) in [5.74, 6) is -0.261. The molecular formula is C19H17N3O3. The second kappa shape index (κ2) is 6.14. The molecule has 1 aromatic heterocycles. The van der Waals surface area contributed by atoms with Crippen LogP contribution in [0.4, 0.5) is 0 Å². The van der Waals surface area contributed by atoms with Crippen LogP contribution < -0.4 is 5.56 Å². The van der Waals surface area contributed by atoms with Crippen molar-refractivity contribution in [2.45, 2.75) is 12.6 Å². The molecule has 1 amide bonds. The van der Waals surface area contributed by atoms with Crippen LogP contribution in [0.15, 0.2) is 59.4 Å². The maximum atomic E-state index is 12.7. The van der Waals surface area contributed by atoms with Crippen LogP contribution in [0.2, 0.25) is 0 Å². The zero-order chi connectivity index (χ0) is 17.4. The summed E-state index contributed by atoms with van der Waals surface area (Å²) in [5, 5.41) is 14.8. The molecule has 1 saturated heterocycles. The summed E-state index contributed by atoms with van der Waals surface area (Å²) < 4.78 is 1.33. The highest BCUT2D eigenvalue weighted by molar-refractivity contribution is 6.05. The van der Waals surface area contributed by atoms with Gasteiger partial charge in [-0.3, -0.25) is 9.59 Å². The number of hydrogen-bond acceptors (Lipinski definition) is 4. The molecule has 0 spiro atoms. The molecule has 1 fully saturated rings. The highest BCUT2D eigenvalue weighted by Gasteiger charge is 2.31. The molecule has 0 aliphatic carbocycles. The van der Waals surface area contributed by atoms with Crippen LogP contribution in [-0.2, 0) is 6.54 Å². The molecule has 2 heterocycles. The number of aliphatic hydroxyl groups excluding tert-OH is 1. The van der Waals surface area contributed by atoms with Crippen LogP contribution in [0.1, 0.15) is 16.1 Å². The molecule has 3 aromatic rings. The van der Waals surface area contributed by atoms with Crippen LogP contribution in [0.3, 0.4) is 0 Å². The molecule has 0 radical (unpaired) electrons. The normalized spacial score (nSPS) is 14.5. The standard InChI is InChI=1S/C19H17N3O3/c23-14-11-21(12-14)19(25)17-15-8-4-5-9-16(15)18(24)22(20-17)10-13-6-2-1-3-7-13/h1-9,14,23H,10-12H2. The van der Waals surface area contributed by atoms with Crippen molar-refractivity contribution in [2.75, 3.05) is 13.1 Å². The fourth-order valence-corrected chi connectivity index (χ4v) is 3.03. The average molecular weight is 335 g/mol. The van der Waals surface area contributed by atoms with Crippen molar-refractivity contribution in [1.82, 2.24) is 14.7 Å². The number of rotatable bonds is 3. The predicted molar refractivity (Wildman–Crippen MR) is 93.5 cm³/mol. The highest BCUT2D eigenvalue weighted by Crippen LogP contribution is 2.18. The van der Waals surface area contributed by atoms with Gasteiger partial charge in [0.1, 0.15) is 0 Å². The van der Waals surface area contributed by atoms with Crippen molar-refractivity contribution in [2.24, 2.45) is 0 Å². The van der Waals surface area contributed by atoms with Gasteiger partial charge in [-0.2, -0.15) is 5.10 Å².